The molecule has 70 heavy (non-hydrogen) atoms. The predicted molar refractivity (Wildman–Crippen MR) is 306 cm³/mol. The van der Waals surface area contributed by atoms with Crippen molar-refractivity contribution in [1.82, 2.24) is 5.32 Å². The summed E-state index contributed by atoms with van der Waals surface area (Å²) in [6.45, 7) is 4.90. The van der Waals surface area contributed by atoms with Gasteiger partial charge in [0.15, 0.2) is 0 Å². The summed E-state index contributed by atoms with van der Waals surface area (Å²) in [4.78, 5) is 24.4. The van der Waals surface area contributed by atoms with Crippen LogP contribution in [0.25, 0.3) is 0 Å². The second kappa shape index (κ2) is 60.2. The molecule has 0 heterocycles. The van der Waals surface area contributed by atoms with Crippen molar-refractivity contribution < 1.29 is 24.5 Å². The number of unbranched alkanes of at least 4 members (excludes halogenated alkanes) is 49. The molecule has 0 saturated heterocycles. The molecule has 0 radical (unpaired) electrons. The highest BCUT2D eigenvalue weighted by Gasteiger charge is 2.18. The lowest BCUT2D eigenvalue weighted by Crippen LogP contribution is -2.45. The van der Waals surface area contributed by atoms with Gasteiger partial charge in [-0.05, 0) is 32.1 Å². The van der Waals surface area contributed by atoms with Gasteiger partial charge >= 0.3 is 5.97 Å². The highest BCUT2D eigenvalue weighted by molar-refractivity contribution is 5.76. The van der Waals surface area contributed by atoms with Crippen LogP contribution in [0.5, 0.6) is 0 Å². The third-order valence-corrected chi connectivity index (χ3v) is 15.1. The van der Waals surface area contributed by atoms with Crippen LogP contribution in [0.1, 0.15) is 361 Å². The first-order valence-corrected chi connectivity index (χ1v) is 32.0. The molecule has 0 aromatic rings. The largest absolute Gasteiger partial charge is 0.466 e. The van der Waals surface area contributed by atoms with E-state index in [9.17, 15) is 19.8 Å². The van der Waals surface area contributed by atoms with E-state index in [0.717, 1.165) is 38.5 Å². The molecule has 6 nitrogen and oxygen atoms in total. The van der Waals surface area contributed by atoms with Crippen LogP contribution in [0, 0.1) is 0 Å². The lowest BCUT2D eigenvalue weighted by atomic mass is 10.0. The van der Waals surface area contributed by atoms with Crippen LogP contribution in [-0.4, -0.2) is 47.4 Å². The molecule has 0 rings (SSSR count). The highest BCUT2D eigenvalue weighted by Crippen LogP contribution is 2.18. The summed E-state index contributed by atoms with van der Waals surface area (Å²) >= 11 is 0. The zero-order valence-electron chi connectivity index (χ0n) is 47.5. The smallest absolute Gasteiger partial charge is 0.305 e. The van der Waals surface area contributed by atoms with E-state index in [-0.39, 0.29) is 18.5 Å². The third-order valence-electron chi connectivity index (χ3n) is 15.1. The third kappa shape index (κ3) is 55.9. The van der Waals surface area contributed by atoms with Gasteiger partial charge in [0.25, 0.3) is 0 Å². The van der Waals surface area contributed by atoms with Crippen molar-refractivity contribution >= 4 is 11.9 Å². The van der Waals surface area contributed by atoms with E-state index < -0.39 is 12.1 Å². The normalized spacial score (nSPS) is 12.6. The summed E-state index contributed by atoms with van der Waals surface area (Å²) in [5.74, 6) is -0.0428. The van der Waals surface area contributed by atoms with Crippen LogP contribution in [-0.2, 0) is 14.3 Å². The van der Waals surface area contributed by atoms with E-state index in [0.29, 0.717) is 19.4 Å². The molecule has 0 fully saturated rings. The number of hydrogen-bond donors (Lipinski definition) is 3. The minimum atomic E-state index is -0.838. The van der Waals surface area contributed by atoms with Crippen LogP contribution >= 0.6 is 0 Å². The van der Waals surface area contributed by atoms with Gasteiger partial charge in [-0.25, -0.2) is 0 Å². The van der Waals surface area contributed by atoms with Crippen molar-refractivity contribution in [2.24, 2.45) is 0 Å². The van der Waals surface area contributed by atoms with Crippen molar-refractivity contribution in [3.8, 4) is 0 Å². The molecule has 416 valence electrons. The first-order valence-electron chi connectivity index (χ1n) is 32.0. The number of carbonyl (C=O) groups is 2. The van der Waals surface area contributed by atoms with Gasteiger partial charge in [-0.15, -0.1) is 0 Å². The van der Waals surface area contributed by atoms with Gasteiger partial charge in [-0.1, -0.05) is 328 Å². The van der Waals surface area contributed by atoms with E-state index in [4.69, 9.17) is 4.74 Å². The van der Waals surface area contributed by atoms with E-state index in [1.165, 1.54) is 295 Å². The number of aliphatic hydroxyl groups is 2. The van der Waals surface area contributed by atoms with Gasteiger partial charge in [0, 0.05) is 12.8 Å². The van der Waals surface area contributed by atoms with E-state index in [1.54, 1.807) is 6.08 Å². The van der Waals surface area contributed by atoms with Crippen molar-refractivity contribution in [1.29, 1.82) is 0 Å². The van der Waals surface area contributed by atoms with Crippen LogP contribution < -0.4 is 5.32 Å². The number of carbonyl (C=O) groups excluding carboxylic acids is 2. The first kappa shape index (κ1) is 68.6. The fourth-order valence-corrected chi connectivity index (χ4v) is 10.2. The van der Waals surface area contributed by atoms with Gasteiger partial charge in [0.05, 0.1) is 25.4 Å². The summed E-state index contributed by atoms with van der Waals surface area (Å²) in [5, 5.41) is 23.0. The number of aliphatic hydroxyl groups excluding tert-OH is 2. The Morgan fingerprint density at radius 3 is 0.971 bits per heavy atom. The van der Waals surface area contributed by atoms with E-state index in [2.05, 4.69) is 19.2 Å². The number of allylic oxidation sites excluding steroid dienone is 1. The number of hydrogen-bond acceptors (Lipinski definition) is 5. The molecule has 0 saturated carbocycles. The van der Waals surface area contributed by atoms with Crippen LogP contribution in [0.3, 0.4) is 0 Å². The zero-order chi connectivity index (χ0) is 50.7. The summed E-state index contributed by atoms with van der Waals surface area (Å²) < 4.78 is 5.49. The minimum Gasteiger partial charge on any atom is -0.466 e. The monoisotopic (exact) mass is 988 g/mol. The molecule has 0 aliphatic rings. The average Bonchev–Trinajstić information content (AvgIpc) is 3.36. The van der Waals surface area contributed by atoms with Crippen molar-refractivity contribution in [3.05, 3.63) is 12.2 Å². The Hall–Kier alpha value is -1.40. The summed E-state index contributed by atoms with van der Waals surface area (Å²) in [6, 6.07) is -0.621. The summed E-state index contributed by atoms with van der Waals surface area (Å²) in [7, 11) is 0. The Kier molecular flexibility index (Phi) is 59.0. The molecule has 0 spiro atoms. The first-order chi connectivity index (χ1) is 34.5. The zero-order valence-corrected chi connectivity index (χ0v) is 47.5. The van der Waals surface area contributed by atoms with Crippen LogP contribution in [0.2, 0.25) is 0 Å². The quantitative estimate of drug-likeness (QED) is 0.0321. The molecule has 0 aliphatic carbocycles. The number of rotatable bonds is 60. The summed E-state index contributed by atoms with van der Waals surface area (Å²) in [6.07, 6.45) is 72.9. The van der Waals surface area contributed by atoms with Gasteiger partial charge in [-0.2, -0.15) is 0 Å². The molecule has 2 atom stereocenters. The molecular formula is C64H125NO5. The molecule has 0 aromatic carbocycles. The molecule has 0 bridgehead atoms. The van der Waals surface area contributed by atoms with Crippen LogP contribution in [0.4, 0.5) is 0 Å². The number of esters is 1. The maximum atomic E-state index is 12.4. The number of ether oxygens (including phenoxy) is 1. The number of nitrogens with one attached hydrogen (secondary N) is 1. The Morgan fingerprint density at radius 2 is 0.657 bits per heavy atom. The fraction of sp³-hybridized carbons (Fsp3) is 0.938. The van der Waals surface area contributed by atoms with Crippen LogP contribution in [0.15, 0.2) is 12.2 Å². The van der Waals surface area contributed by atoms with Crippen molar-refractivity contribution in [3.63, 3.8) is 0 Å². The molecule has 0 aromatic heterocycles. The Balaban J connectivity index is 3.29. The standard InChI is InChI=1S/C64H125NO5/c1-3-5-7-9-11-13-14-15-35-38-42-46-50-54-58-64(69)70-59-55-51-47-43-39-36-33-31-29-27-25-23-21-19-17-16-18-20-22-24-26-28-30-32-34-37-41-45-49-53-57-63(68)65-61(60-66)62(67)56-52-48-44-40-12-10-8-6-4-2/h52,56,61-62,66-67H,3-51,53-55,57-60H2,1-2H3,(H,65,68)/b56-52+. The molecule has 3 N–H and O–H groups in total. The van der Waals surface area contributed by atoms with Gasteiger partial charge in [0.1, 0.15) is 0 Å². The molecule has 2 unspecified atom stereocenters. The lowest BCUT2D eigenvalue weighted by molar-refractivity contribution is -0.143. The number of amides is 1. The fourth-order valence-electron chi connectivity index (χ4n) is 10.2. The molecule has 6 heteroatoms. The maximum absolute atomic E-state index is 12.4. The second-order valence-electron chi connectivity index (χ2n) is 22.1. The maximum Gasteiger partial charge on any atom is 0.305 e. The van der Waals surface area contributed by atoms with Gasteiger partial charge in [0.2, 0.25) is 5.91 Å². The lowest BCUT2D eigenvalue weighted by Gasteiger charge is -2.20. The van der Waals surface area contributed by atoms with Gasteiger partial charge < -0.3 is 20.3 Å². The van der Waals surface area contributed by atoms with E-state index >= 15 is 0 Å². The SMILES string of the molecule is CCCCCCCCC/C=C/C(O)C(CO)NC(=O)CCCCCCCCCCCCCCCCCCCCCCCCCCCCCCCCOC(=O)CCCCCCCCCCCCCCCC. The molecule has 0 aliphatic heterocycles. The Morgan fingerprint density at radius 1 is 0.386 bits per heavy atom. The minimum absolute atomic E-state index is 0.0225. The van der Waals surface area contributed by atoms with Gasteiger partial charge in [-0.3, -0.25) is 9.59 Å². The topological polar surface area (TPSA) is 95.9 Å². The predicted octanol–water partition coefficient (Wildman–Crippen LogP) is 20.0. The molecule has 1 amide bonds. The van der Waals surface area contributed by atoms with Crippen molar-refractivity contribution in [2.45, 2.75) is 373 Å². The van der Waals surface area contributed by atoms with Crippen molar-refractivity contribution in [2.75, 3.05) is 13.2 Å². The second-order valence-corrected chi connectivity index (χ2v) is 22.1. The highest BCUT2D eigenvalue weighted by atomic mass is 16.5. The Bertz CT molecular complexity index is 1050. The Labute approximate surface area is 438 Å². The average molecular weight is 989 g/mol. The molecular weight excluding hydrogens is 863 g/mol. The van der Waals surface area contributed by atoms with E-state index in [1.807, 2.05) is 6.08 Å². The summed E-state index contributed by atoms with van der Waals surface area (Å²) in [5.41, 5.74) is 0.